The predicted octanol–water partition coefficient (Wildman–Crippen LogP) is 0.666. The number of esters is 1. The molecule has 2 heterocycles. The normalized spacial score (nSPS) is 23.0. The lowest BCUT2D eigenvalue weighted by molar-refractivity contribution is -0.100. The molecule has 2 unspecified atom stereocenters. The summed E-state index contributed by atoms with van der Waals surface area (Å²) in [5, 5.41) is -0.0328. The van der Waals surface area contributed by atoms with Crippen LogP contribution in [0.3, 0.4) is 0 Å². The van der Waals surface area contributed by atoms with Gasteiger partial charge in [-0.1, -0.05) is 11.6 Å². The molecule has 0 radical (unpaired) electrons. The minimum absolute atomic E-state index is 0.00268. The van der Waals surface area contributed by atoms with Gasteiger partial charge >= 0.3 is 5.97 Å². The molecule has 1 saturated heterocycles. The first kappa shape index (κ1) is 12.5. The lowest BCUT2D eigenvalue weighted by atomic mass is 10.1. The highest BCUT2D eigenvalue weighted by Gasteiger charge is 2.30. The maximum atomic E-state index is 11.6. The average molecular weight is 278 g/mol. The van der Waals surface area contributed by atoms with Crippen LogP contribution in [0.15, 0.2) is 6.07 Å². The second kappa shape index (κ2) is 5.14. The molecule has 2 rings (SSSR count). The zero-order valence-corrected chi connectivity index (χ0v) is 10.1. The first-order chi connectivity index (χ1) is 8.06. The first-order valence-electron chi connectivity index (χ1n) is 4.80. The number of rotatable bonds is 3. The molecule has 1 aromatic heterocycles. The van der Waals surface area contributed by atoms with Gasteiger partial charge in [0.25, 0.3) is 0 Å². The van der Waals surface area contributed by atoms with E-state index in [1.807, 2.05) is 0 Å². The molecular formula is C9H9Cl2N3O3. The van der Waals surface area contributed by atoms with Gasteiger partial charge in [0.15, 0.2) is 5.69 Å². The van der Waals surface area contributed by atoms with E-state index < -0.39 is 5.97 Å². The second-order valence-corrected chi connectivity index (χ2v) is 4.20. The Hall–Kier alpha value is -0.950. The van der Waals surface area contributed by atoms with Crippen molar-refractivity contribution in [2.24, 2.45) is 5.73 Å². The molecule has 2 atom stereocenters. The van der Waals surface area contributed by atoms with E-state index in [2.05, 4.69) is 9.97 Å². The Labute approximate surface area is 107 Å². The fraction of sp³-hybridized carbons (Fsp3) is 0.444. The summed E-state index contributed by atoms with van der Waals surface area (Å²) in [6, 6.07) is 1.18. The zero-order valence-electron chi connectivity index (χ0n) is 8.60. The number of ether oxygens (including phenoxy) is 2. The molecule has 1 aliphatic rings. The molecule has 0 bridgehead atoms. The van der Waals surface area contributed by atoms with Gasteiger partial charge in [0.1, 0.15) is 17.9 Å². The summed E-state index contributed by atoms with van der Waals surface area (Å²) in [6.07, 6.45) is -0.258. The van der Waals surface area contributed by atoms with Crippen LogP contribution in [-0.2, 0) is 9.47 Å². The number of hydrogen-bond donors (Lipinski definition) is 1. The van der Waals surface area contributed by atoms with Gasteiger partial charge < -0.3 is 15.2 Å². The van der Waals surface area contributed by atoms with Crippen LogP contribution >= 0.6 is 23.2 Å². The molecule has 0 amide bonds. The minimum atomic E-state index is -0.640. The Bertz CT molecular complexity index is 423. The molecule has 6 nitrogen and oxygen atoms in total. The van der Waals surface area contributed by atoms with E-state index in [0.29, 0.717) is 6.61 Å². The summed E-state index contributed by atoms with van der Waals surface area (Å²) in [5.74, 6) is -0.640. The van der Waals surface area contributed by atoms with Crippen molar-refractivity contribution in [3.8, 4) is 0 Å². The van der Waals surface area contributed by atoms with Gasteiger partial charge in [-0.25, -0.2) is 14.8 Å². The van der Waals surface area contributed by atoms with Gasteiger partial charge in [0, 0.05) is 6.07 Å². The number of nitrogens with two attached hydrogens (primary N) is 1. The van der Waals surface area contributed by atoms with Gasteiger partial charge in [0.2, 0.25) is 5.28 Å². The molecule has 8 heteroatoms. The molecule has 1 aliphatic heterocycles. The molecule has 1 fully saturated rings. The SMILES string of the molecule is NC1COC1COC(=O)c1cc(Cl)nc(Cl)n1. The minimum Gasteiger partial charge on any atom is -0.458 e. The molecule has 0 spiro atoms. The van der Waals surface area contributed by atoms with Gasteiger partial charge in [0.05, 0.1) is 12.6 Å². The third-order valence-corrected chi connectivity index (χ3v) is 2.60. The molecule has 0 aromatic carbocycles. The van der Waals surface area contributed by atoms with Gasteiger partial charge in [-0.3, -0.25) is 0 Å². The van der Waals surface area contributed by atoms with E-state index >= 15 is 0 Å². The van der Waals surface area contributed by atoms with Gasteiger partial charge in [-0.2, -0.15) is 0 Å². The van der Waals surface area contributed by atoms with Crippen molar-refractivity contribution in [3.63, 3.8) is 0 Å². The number of hydrogen-bond acceptors (Lipinski definition) is 6. The lowest BCUT2D eigenvalue weighted by Gasteiger charge is -2.33. The van der Waals surface area contributed by atoms with E-state index in [1.165, 1.54) is 6.07 Å². The molecule has 0 aliphatic carbocycles. The van der Waals surface area contributed by atoms with Crippen LogP contribution in [0.2, 0.25) is 10.4 Å². The van der Waals surface area contributed by atoms with Gasteiger partial charge in [-0.15, -0.1) is 0 Å². The molecule has 0 saturated carbocycles. The van der Waals surface area contributed by atoms with Crippen LogP contribution in [0.5, 0.6) is 0 Å². The summed E-state index contributed by atoms with van der Waals surface area (Å²) >= 11 is 11.2. The summed E-state index contributed by atoms with van der Waals surface area (Å²) in [4.78, 5) is 18.9. The Kier molecular flexibility index (Phi) is 3.78. The Morgan fingerprint density at radius 2 is 2.35 bits per heavy atom. The third-order valence-electron chi connectivity index (χ3n) is 2.24. The maximum absolute atomic E-state index is 11.6. The Morgan fingerprint density at radius 1 is 1.59 bits per heavy atom. The zero-order chi connectivity index (χ0) is 12.4. The van der Waals surface area contributed by atoms with Crippen LogP contribution in [0.25, 0.3) is 0 Å². The van der Waals surface area contributed by atoms with E-state index in [4.69, 9.17) is 38.4 Å². The predicted molar refractivity (Wildman–Crippen MR) is 60.0 cm³/mol. The third kappa shape index (κ3) is 3.04. The number of carbonyl (C=O) groups excluding carboxylic acids is 1. The fourth-order valence-electron chi connectivity index (χ4n) is 1.24. The lowest BCUT2D eigenvalue weighted by Crippen LogP contribution is -2.53. The topological polar surface area (TPSA) is 87.3 Å². The van der Waals surface area contributed by atoms with Crippen LogP contribution in [-0.4, -0.2) is 41.3 Å². The van der Waals surface area contributed by atoms with Crippen LogP contribution in [0.1, 0.15) is 10.5 Å². The van der Waals surface area contributed by atoms with Crippen molar-refractivity contribution >= 4 is 29.2 Å². The summed E-state index contributed by atoms with van der Waals surface area (Å²) in [6.45, 7) is 0.562. The monoisotopic (exact) mass is 277 g/mol. The number of aromatic nitrogens is 2. The molecule has 2 N–H and O–H groups in total. The number of carbonyl (C=O) groups is 1. The highest BCUT2D eigenvalue weighted by molar-refractivity contribution is 6.32. The number of nitrogens with zero attached hydrogens (tertiary/aromatic N) is 2. The van der Waals surface area contributed by atoms with Crippen molar-refractivity contribution in [1.82, 2.24) is 9.97 Å². The van der Waals surface area contributed by atoms with Crippen LogP contribution in [0.4, 0.5) is 0 Å². The second-order valence-electron chi connectivity index (χ2n) is 3.48. The maximum Gasteiger partial charge on any atom is 0.357 e. The molecular weight excluding hydrogens is 269 g/mol. The van der Waals surface area contributed by atoms with Crippen LogP contribution in [0, 0.1) is 0 Å². The molecule has 92 valence electrons. The standard InChI is InChI=1S/C9H9Cl2N3O3/c10-7-1-5(13-9(11)14-7)8(15)17-3-6-4(12)2-16-6/h1,4,6H,2-3,12H2. The fourth-order valence-corrected chi connectivity index (χ4v) is 1.65. The van der Waals surface area contributed by atoms with E-state index in [9.17, 15) is 4.79 Å². The summed E-state index contributed by atoms with van der Waals surface area (Å²) in [5.41, 5.74) is 5.61. The highest BCUT2D eigenvalue weighted by Crippen LogP contribution is 2.14. The summed E-state index contributed by atoms with van der Waals surface area (Å²) < 4.78 is 10.1. The number of halogens is 2. The van der Waals surface area contributed by atoms with Crippen molar-refractivity contribution < 1.29 is 14.3 Å². The largest absolute Gasteiger partial charge is 0.458 e. The molecule has 17 heavy (non-hydrogen) atoms. The van der Waals surface area contributed by atoms with Gasteiger partial charge in [-0.05, 0) is 11.6 Å². The van der Waals surface area contributed by atoms with E-state index in [-0.39, 0.29) is 34.9 Å². The quantitative estimate of drug-likeness (QED) is 0.496. The van der Waals surface area contributed by atoms with Crippen molar-refractivity contribution in [1.29, 1.82) is 0 Å². The van der Waals surface area contributed by atoms with Crippen molar-refractivity contribution in [2.75, 3.05) is 13.2 Å². The van der Waals surface area contributed by atoms with E-state index in [0.717, 1.165) is 0 Å². The Balaban J connectivity index is 1.94. The first-order valence-corrected chi connectivity index (χ1v) is 5.56. The smallest absolute Gasteiger partial charge is 0.357 e. The van der Waals surface area contributed by atoms with Crippen LogP contribution < -0.4 is 5.73 Å². The molecule has 1 aromatic rings. The average Bonchev–Trinajstić information content (AvgIpc) is 2.25. The van der Waals surface area contributed by atoms with Crippen molar-refractivity contribution in [2.45, 2.75) is 12.1 Å². The highest BCUT2D eigenvalue weighted by atomic mass is 35.5. The van der Waals surface area contributed by atoms with E-state index in [1.54, 1.807) is 0 Å². The summed E-state index contributed by atoms with van der Waals surface area (Å²) in [7, 11) is 0. The Morgan fingerprint density at radius 3 is 2.88 bits per heavy atom. The van der Waals surface area contributed by atoms with Crippen molar-refractivity contribution in [3.05, 3.63) is 22.2 Å².